The third kappa shape index (κ3) is 3.17. The van der Waals surface area contributed by atoms with Crippen molar-refractivity contribution < 1.29 is 9.13 Å². The first-order valence-corrected chi connectivity index (χ1v) is 6.71. The molecule has 2 rings (SSSR count). The molecule has 1 unspecified atom stereocenters. The van der Waals surface area contributed by atoms with Crippen molar-refractivity contribution >= 4 is 0 Å². The lowest BCUT2D eigenvalue weighted by Gasteiger charge is -2.21. The van der Waals surface area contributed by atoms with E-state index in [0.29, 0.717) is 6.54 Å². The number of benzene rings is 2. The molecular formula is C17H20FNO. The summed E-state index contributed by atoms with van der Waals surface area (Å²) < 4.78 is 19.0. The van der Waals surface area contributed by atoms with E-state index >= 15 is 0 Å². The van der Waals surface area contributed by atoms with E-state index in [1.165, 1.54) is 17.7 Å². The molecule has 3 heteroatoms. The van der Waals surface area contributed by atoms with Crippen LogP contribution in [0.15, 0.2) is 36.4 Å². The van der Waals surface area contributed by atoms with Gasteiger partial charge in [0.1, 0.15) is 17.7 Å². The Labute approximate surface area is 119 Å². The highest BCUT2D eigenvalue weighted by Gasteiger charge is 2.14. The van der Waals surface area contributed by atoms with Gasteiger partial charge in [0.2, 0.25) is 0 Å². The van der Waals surface area contributed by atoms with Crippen molar-refractivity contribution in [3.8, 4) is 5.75 Å². The molecule has 0 aliphatic rings. The van der Waals surface area contributed by atoms with Crippen LogP contribution in [-0.4, -0.2) is 6.54 Å². The lowest BCUT2D eigenvalue weighted by molar-refractivity contribution is 0.211. The molecule has 0 bridgehead atoms. The van der Waals surface area contributed by atoms with Gasteiger partial charge in [-0.3, -0.25) is 0 Å². The van der Waals surface area contributed by atoms with Crippen LogP contribution in [0.1, 0.15) is 28.4 Å². The van der Waals surface area contributed by atoms with Gasteiger partial charge in [0, 0.05) is 6.54 Å². The molecule has 2 aromatic carbocycles. The minimum Gasteiger partial charge on any atom is -0.484 e. The second-order valence-electron chi connectivity index (χ2n) is 5.12. The third-order valence-electron chi connectivity index (χ3n) is 3.32. The first-order valence-electron chi connectivity index (χ1n) is 6.71. The molecule has 0 saturated heterocycles. The molecule has 0 heterocycles. The van der Waals surface area contributed by atoms with Gasteiger partial charge in [-0.15, -0.1) is 0 Å². The maximum absolute atomic E-state index is 13.0. The topological polar surface area (TPSA) is 35.2 Å². The number of hydrogen-bond donors (Lipinski definition) is 1. The molecule has 2 nitrogen and oxygen atoms in total. The van der Waals surface area contributed by atoms with Crippen molar-refractivity contribution in [2.45, 2.75) is 26.9 Å². The summed E-state index contributed by atoms with van der Waals surface area (Å²) >= 11 is 0. The summed E-state index contributed by atoms with van der Waals surface area (Å²) in [6, 6.07) is 10.4. The molecule has 2 aromatic rings. The van der Waals surface area contributed by atoms with Crippen molar-refractivity contribution in [1.82, 2.24) is 0 Å². The summed E-state index contributed by atoms with van der Waals surface area (Å²) in [5.41, 5.74) is 10.1. The standard InChI is InChI=1S/C17H20FNO/c1-11-8-12(2)17(13(3)9-11)20-16(10-19)14-4-6-15(18)7-5-14/h4-9,16H,10,19H2,1-3H3. The monoisotopic (exact) mass is 273 g/mol. The molecule has 0 fully saturated rings. The molecule has 0 aliphatic carbocycles. The molecule has 0 radical (unpaired) electrons. The second kappa shape index (κ2) is 6.06. The van der Waals surface area contributed by atoms with Crippen LogP contribution in [0.3, 0.4) is 0 Å². The van der Waals surface area contributed by atoms with Gasteiger partial charge in [-0.25, -0.2) is 4.39 Å². The van der Waals surface area contributed by atoms with Crippen LogP contribution in [0, 0.1) is 26.6 Å². The Balaban J connectivity index is 2.29. The molecule has 0 aliphatic heterocycles. The fourth-order valence-corrected chi connectivity index (χ4v) is 2.42. The predicted octanol–water partition coefficient (Wildman–Crippen LogP) is 3.83. The maximum atomic E-state index is 13.0. The Morgan fingerprint density at radius 1 is 1.05 bits per heavy atom. The smallest absolute Gasteiger partial charge is 0.136 e. The van der Waals surface area contributed by atoms with Crippen molar-refractivity contribution in [2.75, 3.05) is 6.54 Å². The Kier molecular flexibility index (Phi) is 4.40. The summed E-state index contributed by atoms with van der Waals surface area (Å²) in [7, 11) is 0. The normalized spacial score (nSPS) is 12.2. The zero-order valence-electron chi connectivity index (χ0n) is 12.1. The minimum atomic E-state index is -0.268. The van der Waals surface area contributed by atoms with Gasteiger partial charge in [0.05, 0.1) is 0 Å². The first kappa shape index (κ1) is 14.5. The number of hydrogen-bond acceptors (Lipinski definition) is 2. The zero-order chi connectivity index (χ0) is 14.7. The zero-order valence-corrected chi connectivity index (χ0v) is 12.1. The highest BCUT2D eigenvalue weighted by atomic mass is 19.1. The van der Waals surface area contributed by atoms with Crippen LogP contribution < -0.4 is 10.5 Å². The summed E-state index contributed by atoms with van der Waals surface area (Å²) in [5.74, 6) is 0.600. The van der Waals surface area contributed by atoms with Gasteiger partial charge in [0.15, 0.2) is 0 Å². The Hall–Kier alpha value is -1.87. The molecule has 0 amide bonds. The lowest BCUT2D eigenvalue weighted by Crippen LogP contribution is -2.19. The average molecular weight is 273 g/mol. The number of nitrogens with two attached hydrogens (primary N) is 1. The van der Waals surface area contributed by atoms with Crippen LogP contribution in [0.4, 0.5) is 4.39 Å². The van der Waals surface area contributed by atoms with Gasteiger partial charge in [-0.2, -0.15) is 0 Å². The molecule has 1 atom stereocenters. The van der Waals surface area contributed by atoms with Crippen molar-refractivity contribution in [2.24, 2.45) is 5.73 Å². The fraction of sp³-hybridized carbons (Fsp3) is 0.294. The van der Waals surface area contributed by atoms with Crippen LogP contribution >= 0.6 is 0 Å². The van der Waals surface area contributed by atoms with E-state index in [1.54, 1.807) is 12.1 Å². The predicted molar refractivity (Wildman–Crippen MR) is 79.5 cm³/mol. The lowest BCUT2D eigenvalue weighted by atomic mass is 10.1. The SMILES string of the molecule is Cc1cc(C)c(OC(CN)c2ccc(F)cc2)c(C)c1. The van der Waals surface area contributed by atoms with E-state index in [9.17, 15) is 4.39 Å². The van der Waals surface area contributed by atoms with E-state index in [2.05, 4.69) is 19.1 Å². The summed E-state index contributed by atoms with van der Waals surface area (Å²) in [6.45, 7) is 6.45. The van der Waals surface area contributed by atoms with Crippen LogP contribution in [0.25, 0.3) is 0 Å². The van der Waals surface area contributed by atoms with Crippen molar-refractivity contribution in [1.29, 1.82) is 0 Å². The quantitative estimate of drug-likeness (QED) is 0.918. The minimum absolute atomic E-state index is 0.257. The summed E-state index contributed by atoms with van der Waals surface area (Å²) in [5, 5.41) is 0. The maximum Gasteiger partial charge on any atom is 0.136 e. The van der Waals surface area contributed by atoms with E-state index in [0.717, 1.165) is 22.4 Å². The van der Waals surface area contributed by atoms with Gasteiger partial charge in [0.25, 0.3) is 0 Å². The summed E-state index contributed by atoms with van der Waals surface area (Å²) in [4.78, 5) is 0. The Morgan fingerprint density at radius 2 is 1.60 bits per heavy atom. The number of rotatable bonds is 4. The van der Waals surface area contributed by atoms with Gasteiger partial charge in [-0.1, -0.05) is 29.8 Å². The second-order valence-corrected chi connectivity index (χ2v) is 5.12. The first-order chi connectivity index (χ1) is 9.51. The van der Waals surface area contributed by atoms with Crippen LogP contribution in [-0.2, 0) is 0 Å². The molecular weight excluding hydrogens is 253 g/mol. The summed E-state index contributed by atoms with van der Waals surface area (Å²) in [6.07, 6.45) is -0.268. The molecule has 0 saturated carbocycles. The Morgan fingerprint density at radius 3 is 2.10 bits per heavy atom. The third-order valence-corrected chi connectivity index (χ3v) is 3.32. The van der Waals surface area contributed by atoms with Crippen LogP contribution in [0.5, 0.6) is 5.75 Å². The molecule has 20 heavy (non-hydrogen) atoms. The van der Waals surface area contributed by atoms with E-state index in [-0.39, 0.29) is 11.9 Å². The highest BCUT2D eigenvalue weighted by Crippen LogP contribution is 2.29. The highest BCUT2D eigenvalue weighted by molar-refractivity contribution is 5.43. The number of aryl methyl sites for hydroxylation is 3. The van der Waals surface area contributed by atoms with Crippen molar-refractivity contribution in [3.05, 3.63) is 64.5 Å². The number of ether oxygens (including phenoxy) is 1. The van der Waals surface area contributed by atoms with Gasteiger partial charge in [-0.05, 0) is 49.6 Å². The number of halogens is 1. The average Bonchev–Trinajstić information content (AvgIpc) is 2.39. The molecule has 2 N–H and O–H groups in total. The fourth-order valence-electron chi connectivity index (χ4n) is 2.42. The molecule has 0 aromatic heterocycles. The molecule has 0 spiro atoms. The van der Waals surface area contributed by atoms with E-state index < -0.39 is 0 Å². The molecule has 106 valence electrons. The van der Waals surface area contributed by atoms with E-state index in [1.807, 2.05) is 13.8 Å². The van der Waals surface area contributed by atoms with E-state index in [4.69, 9.17) is 10.5 Å². The van der Waals surface area contributed by atoms with Crippen molar-refractivity contribution in [3.63, 3.8) is 0 Å². The van der Waals surface area contributed by atoms with Crippen LogP contribution in [0.2, 0.25) is 0 Å². The largest absolute Gasteiger partial charge is 0.484 e. The van der Waals surface area contributed by atoms with Gasteiger partial charge >= 0.3 is 0 Å². The van der Waals surface area contributed by atoms with Gasteiger partial charge < -0.3 is 10.5 Å². The Bertz CT molecular complexity index is 569.